The molecule has 2 heterocycles. The molecule has 2 unspecified atom stereocenters. The van der Waals surface area contributed by atoms with Crippen LogP contribution in [0.4, 0.5) is 0 Å². The molecule has 2 atom stereocenters. The molecule has 0 fully saturated rings. The van der Waals surface area contributed by atoms with Crippen molar-refractivity contribution in [3.05, 3.63) is 75.4 Å². The fourth-order valence-electron chi connectivity index (χ4n) is 7.84. The van der Waals surface area contributed by atoms with Gasteiger partial charge in [0, 0.05) is 50.1 Å². The van der Waals surface area contributed by atoms with Crippen LogP contribution in [0.15, 0.2) is 53.3 Å². The number of nitrogens with zero attached hydrogens (tertiary/aromatic N) is 2. The van der Waals surface area contributed by atoms with Gasteiger partial charge in [-0.3, -0.25) is 14.5 Å². The van der Waals surface area contributed by atoms with Crippen molar-refractivity contribution in [1.29, 1.82) is 0 Å². The summed E-state index contributed by atoms with van der Waals surface area (Å²) in [4.78, 5) is 30.3. The fraction of sp³-hybridized carbons (Fsp3) is 0.324. The summed E-state index contributed by atoms with van der Waals surface area (Å²) >= 11 is 6.00. The van der Waals surface area contributed by atoms with Crippen LogP contribution in [0, 0.1) is 11.8 Å². The van der Waals surface area contributed by atoms with E-state index in [0.29, 0.717) is 22.4 Å². The lowest BCUT2D eigenvalue weighted by molar-refractivity contribution is 0.0802. The van der Waals surface area contributed by atoms with Crippen molar-refractivity contribution < 1.29 is 4.79 Å². The maximum absolute atomic E-state index is 14.0. The van der Waals surface area contributed by atoms with Crippen molar-refractivity contribution in [3.63, 3.8) is 0 Å². The van der Waals surface area contributed by atoms with Crippen molar-refractivity contribution in [2.45, 2.75) is 66.5 Å². The van der Waals surface area contributed by atoms with Gasteiger partial charge in [0.05, 0.1) is 0 Å². The van der Waals surface area contributed by atoms with Crippen LogP contribution in [-0.2, 0) is 0 Å². The first-order valence-corrected chi connectivity index (χ1v) is 15.5. The molecule has 212 valence electrons. The topological polar surface area (TPSA) is 42.3 Å². The lowest BCUT2D eigenvalue weighted by Crippen LogP contribution is -2.45. The van der Waals surface area contributed by atoms with E-state index in [4.69, 9.17) is 12.2 Å². The molecule has 0 spiro atoms. The average Bonchev–Trinajstić information content (AvgIpc) is 2.93. The second kappa shape index (κ2) is 9.34. The third-order valence-corrected chi connectivity index (χ3v) is 9.77. The number of fused-ring (bicyclic) bond motifs is 2. The second-order valence-corrected chi connectivity index (χ2v) is 13.6. The smallest absolute Gasteiger partial charge is 0.259 e. The molecular formula is C37H36N2O2S. The fourth-order valence-corrected chi connectivity index (χ4v) is 8.27. The third-order valence-electron chi connectivity index (χ3n) is 9.36. The molecule has 0 radical (unpaired) electrons. The van der Waals surface area contributed by atoms with Crippen LogP contribution in [0.5, 0.6) is 0 Å². The number of benzene rings is 5. The summed E-state index contributed by atoms with van der Waals surface area (Å²) in [5.41, 5.74) is 1.68. The highest BCUT2D eigenvalue weighted by Gasteiger charge is 2.35. The van der Waals surface area contributed by atoms with Crippen molar-refractivity contribution >= 4 is 83.6 Å². The Morgan fingerprint density at radius 1 is 0.619 bits per heavy atom. The Morgan fingerprint density at radius 3 is 1.67 bits per heavy atom. The van der Waals surface area contributed by atoms with E-state index in [1.54, 1.807) is 0 Å². The summed E-state index contributed by atoms with van der Waals surface area (Å²) in [6, 6.07) is 16.8. The molecule has 5 heteroatoms. The van der Waals surface area contributed by atoms with Crippen LogP contribution in [0.3, 0.4) is 0 Å². The number of aromatic nitrogens is 1. The SMILES string of the molecule is C=c1c2ccc3c4ccc5c6c(ccc(c7ccc(c(=O)n1C(C)CC(C)C)c2c37)c64)C(=S)N(C(C)CC(C)C)C5=O. The van der Waals surface area contributed by atoms with E-state index in [1.807, 2.05) is 21.6 Å². The van der Waals surface area contributed by atoms with Crippen LogP contribution in [0.25, 0.3) is 60.4 Å². The summed E-state index contributed by atoms with van der Waals surface area (Å²) in [7, 11) is 0. The van der Waals surface area contributed by atoms with Crippen LogP contribution < -0.4 is 10.9 Å². The summed E-state index contributed by atoms with van der Waals surface area (Å²) < 4.78 is 1.89. The van der Waals surface area contributed by atoms with Gasteiger partial charge in [-0.25, -0.2) is 0 Å². The molecule has 1 aliphatic heterocycles. The van der Waals surface area contributed by atoms with Gasteiger partial charge in [-0.1, -0.05) is 82.9 Å². The highest BCUT2D eigenvalue weighted by molar-refractivity contribution is 7.80. The predicted octanol–water partition coefficient (Wildman–Crippen LogP) is 8.35. The van der Waals surface area contributed by atoms with Gasteiger partial charge in [0.25, 0.3) is 11.5 Å². The standard InChI is InChI=1S/C37H36N2O2S/c1-18(2)16-20(5)38-22(7)23-8-9-24-26-11-14-29-34-30(37(42)39(36(29)41)21(6)17-19(3)4)15-12-27(33(26)34)25-10-13-28(35(38)40)31(23)32(24)25/h8-15,18-21H,7,16-17H2,1-6H3. The first-order chi connectivity index (χ1) is 20.0. The van der Waals surface area contributed by atoms with E-state index in [1.165, 1.54) is 0 Å². The molecule has 6 aromatic rings. The van der Waals surface area contributed by atoms with Crippen molar-refractivity contribution in [3.8, 4) is 0 Å². The molecule has 7 rings (SSSR count). The number of carbonyl (C=O) groups excluding carboxylic acids is 1. The quantitative estimate of drug-likeness (QED) is 0.114. The average molecular weight is 573 g/mol. The van der Waals surface area contributed by atoms with Crippen LogP contribution in [0.1, 0.15) is 76.3 Å². The largest absolute Gasteiger partial charge is 0.306 e. The van der Waals surface area contributed by atoms with E-state index in [-0.39, 0.29) is 23.6 Å². The zero-order chi connectivity index (χ0) is 29.8. The van der Waals surface area contributed by atoms with Gasteiger partial charge in [-0.05, 0) is 83.0 Å². The summed E-state index contributed by atoms with van der Waals surface area (Å²) in [5.74, 6) is 0.915. The van der Waals surface area contributed by atoms with E-state index < -0.39 is 0 Å². The summed E-state index contributed by atoms with van der Waals surface area (Å²) in [5, 5.41) is 10.9. The Morgan fingerprint density at radius 2 is 1.07 bits per heavy atom. The van der Waals surface area contributed by atoms with Gasteiger partial charge in [0.2, 0.25) is 0 Å². The highest BCUT2D eigenvalue weighted by Crippen LogP contribution is 2.45. The van der Waals surface area contributed by atoms with Gasteiger partial charge >= 0.3 is 0 Å². The Kier molecular flexibility index (Phi) is 6.01. The molecule has 4 nitrogen and oxygen atoms in total. The number of hydrogen-bond donors (Lipinski definition) is 0. The molecule has 0 saturated carbocycles. The van der Waals surface area contributed by atoms with Crippen LogP contribution >= 0.6 is 12.2 Å². The zero-order valence-electron chi connectivity index (χ0n) is 25.2. The molecule has 0 saturated heterocycles. The van der Waals surface area contributed by atoms with Gasteiger partial charge in [0.1, 0.15) is 4.99 Å². The summed E-state index contributed by atoms with van der Waals surface area (Å²) in [6.45, 7) is 17.4. The third kappa shape index (κ3) is 3.56. The molecule has 1 aromatic heterocycles. The van der Waals surface area contributed by atoms with Crippen molar-refractivity contribution in [1.82, 2.24) is 9.47 Å². The Balaban J connectivity index is 1.56. The Labute approximate surface area is 250 Å². The summed E-state index contributed by atoms with van der Waals surface area (Å²) in [6.07, 6.45) is 1.80. The predicted molar refractivity (Wildman–Crippen MR) is 181 cm³/mol. The highest BCUT2D eigenvalue weighted by atomic mass is 32.1. The number of thiocarbonyl (C=S) groups is 1. The molecule has 42 heavy (non-hydrogen) atoms. The van der Waals surface area contributed by atoms with Gasteiger partial charge in [0.15, 0.2) is 0 Å². The number of carbonyl (C=O) groups is 1. The molecule has 1 aliphatic rings. The maximum Gasteiger partial charge on any atom is 0.259 e. The lowest BCUT2D eigenvalue weighted by atomic mass is 9.83. The van der Waals surface area contributed by atoms with E-state index >= 15 is 0 Å². The normalized spacial score (nSPS) is 15.6. The molecule has 0 bridgehead atoms. The number of hydrogen-bond acceptors (Lipinski definition) is 3. The van der Waals surface area contributed by atoms with E-state index in [0.717, 1.165) is 77.6 Å². The van der Waals surface area contributed by atoms with E-state index in [2.05, 4.69) is 84.5 Å². The monoisotopic (exact) mass is 572 g/mol. The minimum atomic E-state index is -0.0158. The zero-order valence-corrected chi connectivity index (χ0v) is 26.0. The Bertz CT molecular complexity index is 2090. The van der Waals surface area contributed by atoms with Gasteiger partial charge in [-0.2, -0.15) is 0 Å². The maximum atomic E-state index is 14.0. The Hall–Kier alpha value is -3.83. The first-order valence-electron chi connectivity index (χ1n) is 15.1. The van der Waals surface area contributed by atoms with Crippen LogP contribution in [-0.4, -0.2) is 26.4 Å². The first kappa shape index (κ1) is 27.0. The molecular weight excluding hydrogens is 536 g/mol. The molecule has 5 aromatic carbocycles. The minimum Gasteiger partial charge on any atom is -0.306 e. The number of amides is 1. The lowest BCUT2D eigenvalue weighted by Gasteiger charge is -2.35. The molecule has 1 amide bonds. The van der Waals surface area contributed by atoms with Gasteiger partial charge < -0.3 is 4.57 Å². The van der Waals surface area contributed by atoms with Gasteiger partial charge in [-0.15, -0.1) is 0 Å². The number of pyridine rings is 1. The van der Waals surface area contributed by atoms with E-state index in [9.17, 15) is 9.59 Å². The molecule has 0 aliphatic carbocycles. The van der Waals surface area contributed by atoms with Crippen molar-refractivity contribution in [2.75, 3.05) is 0 Å². The van der Waals surface area contributed by atoms with Crippen LogP contribution in [0.2, 0.25) is 0 Å². The molecule has 0 N–H and O–H groups in total. The minimum absolute atomic E-state index is 0.0158. The van der Waals surface area contributed by atoms with Crippen molar-refractivity contribution in [2.24, 2.45) is 11.8 Å². The number of rotatable bonds is 6. The second-order valence-electron chi connectivity index (χ2n) is 13.2.